The third-order valence-corrected chi connectivity index (χ3v) is 7.55. The Hall–Kier alpha value is -1.66. The van der Waals surface area contributed by atoms with E-state index in [0.29, 0.717) is 19.4 Å². The number of nitrogens with one attached hydrogen (secondary N) is 1. The van der Waals surface area contributed by atoms with Gasteiger partial charge in [-0.25, -0.2) is 0 Å². The molecule has 2 heterocycles. The minimum atomic E-state index is -0.851. The first-order valence-corrected chi connectivity index (χ1v) is 11.9. The Morgan fingerprint density at radius 1 is 1.11 bits per heavy atom. The van der Waals surface area contributed by atoms with Crippen molar-refractivity contribution in [2.45, 2.75) is 76.9 Å². The van der Waals surface area contributed by atoms with Gasteiger partial charge in [0.1, 0.15) is 5.54 Å². The number of thiophene rings is 2. The molecule has 1 N–H and O–H groups in total. The third kappa shape index (κ3) is 5.03. The van der Waals surface area contributed by atoms with Gasteiger partial charge in [-0.2, -0.15) is 0 Å². The Kier molecular flexibility index (Phi) is 7.30. The number of hydrogen-bond acceptors (Lipinski definition) is 4. The van der Waals surface area contributed by atoms with Crippen LogP contribution >= 0.6 is 22.7 Å². The lowest BCUT2D eigenvalue weighted by Gasteiger charge is -2.40. The summed E-state index contributed by atoms with van der Waals surface area (Å²) in [5.74, 6) is -0.00280. The van der Waals surface area contributed by atoms with Crippen LogP contribution < -0.4 is 5.32 Å². The van der Waals surface area contributed by atoms with Crippen molar-refractivity contribution in [2.75, 3.05) is 0 Å². The molecule has 0 radical (unpaired) electrons. The fourth-order valence-electron chi connectivity index (χ4n) is 3.82. The normalized spacial score (nSPS) is 17.1. The fourth-order valence-corrected chi connectivity index (χ4v) is 5.20. The number of nitrogens with zero attached hydrogens (tertiary/aromatic N) is 1. The first-order chi connectivity index (χ1) is 13.5. The Labute approximate surface area is 176 Å². The summed E-state index contributed by atoms with van der Waals surface area (Å²) < 4.78 is 0. The molecule has 1 atom stereocenters. The molecule has 1 aliphatic carbocycles. The average Bonchev–Trinajstić information content (AvgIpc) is 3.40. The van der Waals surface area contributed by atoms with Gasteiger partial charge in [-0.15, -0.1) is 22.7 Å². The molecular formula is C22H30N2O2S2. The van der Waals surface area contributed by atoms with Crippen LogP contribution in [0.2, 0.25) is 0 Å². The zero-order valence-electron chi connectivity index (χ0n) is 16.8. The second-order valence-corrected chi connectivity index (χ2v) is 9.82. The maximum absolute atomic E-state index is 13.3. The van der Waals surface area contributed by atoms with E-state index in [1.165, 1.54) is 19.3 Å². The number of amides is 2. The lowest BCUT2D eigenvalue weighted by Crippen LogP contribution is -2.60. The van der Waals surface area contributed by atoms with Crippen molar-refractivity contribution in [3.05, 3.63) is 44.8 Å². The highest BCUT2D eigenvalue weighted by atomic mass is 32.1. The summed E-state index contributed by atoms with van der Waals surface area (Å²) in [6, 6.07) is 8.21. The number of hydrogen-bond donors (Lipinski definition) is 1. The highest BCUT2D eigenvalue weighted by Gasteiger charge is 2.41. The molecule has 1 saturated carbocycles. The second kappa shape index (κ2) is 9.70. The van der Waals surface area contributed by atoms with Gasteiger partial charge in [-0.3, -0.25) is 9.59 Å². The van der Waals surface area contributed by atoms with Crippen LogP contribution in [0.4, 0.5) is 0 Å². The summed E-state index contributed by atoms with van der Waals surface area (Å²) in [5.41, 5.74) is -0.851. The van der Waals surface area contributed by atoms with Crippen LogP contribution in [0.1, 0.15) is 62.1 Å². The van der Waals surface area contributed by atoms with Gasteiger partial charge in [0.15, 0.2) is 0 Å². The van der Waals surface area contributed by atoms with Crippen LogP contribution in [-0.2, 0) is 22.6 Å². The van der Waals surface area contributed by atoms with Gasteiger partial charge in [0.05, 0.1) is 13.0 Å². The summed E-state index contributed by atoms with van der Waals surface area (Å²) in [6.45, 7) is 4.40. The van der Waals surface area contributed by atoms with Crippen molar-refractivity contribution in [3.8, 4) is 0 Å². The molecule has 0 unspecified atom stereocenters. The summed E-state index contributed by atoms with van der Waals surface area (Å²) >= 11 is 3.21. The van der Waals surface area contributed by atoms with E-state index in [2.05, 4.69) is 5.32 Å². The van der Waals surface area contributed by atoms with Crippen LogP contribution in [-0.4, -0.2) is 28.3 Å². The first-order valence-electron chi connectivity index (χ1n) is 10.2. The summed E-state index contributed by atoms with van der Waals surface area (Å²) in [6.07, 6.45) is 6.61. The van der Waals surface area contributed by atoms with Gasteiger partial charge in [0.25, 0.3) is 0 Å². The molecule has 28 heavy (non-hydrogen) atoms. The SMILES string of the molecule is CC[C@](C)(C(=O)NC1CCCCC1)N(Cc1cccs1)C(=O)Cc1cccs1. The largest absolute Gasteiger partial charge is 0.351 e. The van der Waals surface area contributed by atoms with E-state index in [0.717, 1.165) is 22.6 Å². The third-order valence-electron chi connectivity index (χ3n) is 5.81. The zero-order valence-corrected chi connectivity index (χ0v) is 18.4. The average molecular weight is 419 g/mol. The molecule has 1 aliphatic rings. The summed E-state index contributed by atoms with van der Waals surface area (Å²) in [5, 5.41) is 7.26. The molecule has 152 valence electrons. The molecule has 4 nitrogen and oxygen atoms in total. The van der Waals surface area contributed by atoms with Gasteiger partial charge in [-0.1, -0.05) is 38.3 Å². The van der Waals surface area contributed by atoms with Crippen molar-refractivity contribution >= 4 is 34.5 Å². The molecule has 0 spiro atoms. The quantitative estimate of drug-likeness (QED) is 0.656. The molecule has 0 aliphatic heterocycles. The van der Waals surface area contributed by atoms with E-state index in [-0.39, 0.29) is 17.9 Å². The molecule has 2 aromatic rings. The second-order valence-electron chi connectivity index (χ2n) is 7.75. The highest BCUT2D eigenvalue weighted by molar-refractivity contribution is 7.10. The predicted octanol–water partition coefficient (Wildman–Crippen LogP) is 5.00. The van der Waals surface area contributed by atoms with Gasteiger partial charge in [-0.05, 0) is 49.1 Å². The van der Waals surface area contributed by atoms with Crippen molar-refractivity contribution in [1.29, 1.82) is 0 Å². The number of carbonyl (C=O) groups is 2. The number of rotatable bonds is 8. The van der Waals surface area contributed by atoms with Crippen molar-refractivity contribution < 1.29 is 9.59 Å². The van der Waals surface area contributed by atoms with Gasteiger partial charge < -0.3 is 10.2 Å². The van der Waals surface area contributed by atoms with Crippen LogP contribution in [0, 0.1) is 0 Å². The molecule has 3 rings (SSSR count). The van der Waals surface area contributed by atoms with Crippen LogP contribution in [0.15, 0.2) is 35.0 Å². The van der Waals surface area contributed by atoms with E-state index in [9.17, 15) is 9.59 Å². The molecular weight excluding hydrogens is 388 g/mol. The minimum absolute atomic E-state index is 0.0130. The Morgan fingerprint density at radius 3 is 2.32 bits per heavy atom. The Morgan fingerprint density at radius 2 is 1.75 bits per heavy atom. The summed E-state index contributed by atoms with van der Waals surface area (Å²) in [4.78, 5) is 30.6. The topological polar surface area (TPSA) is 49.4 Å². The van der Waals surface area contributed by atoms with Crippen molar-refractivity contribution in [3.63, 3.8) is 0 Å². The Bertz CT molecular complexity index is 752. The molecule has 0 saturated heterocycles. The lowest BCUT2D eigenvalue weighted by molar-refractivity contribution is -0.148. The fraction of sp³-hybridized carbons (Fsp3) is 0.545. The molecule has 0 bridgehead atoms. The first kappa shape index (κ1) is 21.1. The van der Waals surface area contributed by atoms with Gasteiger partial charge in [0, 0.05) is 15.8 Å². The minimum Gasteiger partial charge on any atom is -0.351 e. The van der Waals surface area contributed by atoms with E-state index in [4.69, 9.17) is 0 Å². The maximum atomic E-state index is 13.3. The lowest BCUT2D eigenvalue weighted by atomic mass is 9.91. The van der Waals surface area contributed by atoms with Crippen molar-refractivity contribution in [2.24, 2.45) is 0 Å². The van der Waals surface area contributed by atoms with Crippen molar-refractivity contribution in [1.82, 2.24) is 10.2 Å². The number of carbonyl (C=O) groups excluding carboxylic acids is 2. The van der Waals surface area contributed by atoms with Crippen LogP contribution in [0.5, 0.6) is 0 Å². The van der Waals surface area contributed by atoms with Gasteiger partial charge >= 0.3 is 0 Å². The summed E-state index contributed by atoms with van der Waals surface area (Å²) in [7, 11) is 0. The maximum Gasteiger partial charge on any atom is 0.245 e. The van der Waals surface area contributed by atoms with E-state index < -0.39 is 5.54 Å². The predicted molar refractivity (Wildman–Crippen MR) is 117 cm³/mol. The molecule has 1 fully saturated rings. The molecule has 6 heteroatoms. The highest BCUT2D eigenvalue weighted by Crippen LogP contribution is 2.27. The Balaban J connectivity index is 1.81. The van der Waals surface area contributed by atoms with Crippen LogP contribution in [0.25, 0.3) is 0 Å². The molecule has 2 amide bonds. The zero-order chi connectivity index (χ0) is 20.0. The standard InChI is InChI=1S/C22H30N2O2S2/c1-3-22(2,21(26)23-17-9-5-4-6-10-17)24(16-19-12-8-14-28-19)20(25)15-18-11-7-13-27-18/h7-8,11-14,17H,3-6,9-10,15-16H2,1-2H3,(H,23,26)/t22-/m1/s1. The van der Waals surface area contributed by atoms with E-state index in [1.54, 1.807) is 27.6 Å². The van der Waals surface area contributed by atoms with Crippen LogP contribution in [0.3, 0.4) is 0 Å². The smallest absolute Gasteiger partial charge is 0.245 e. The van der Waals surface area contributed by atoms with E-state index in [1.807, 2.05) is 48.9 Å². The van der Waals surface area contributed by atoms with E-state index >= 15 is 0 Å². The molecule has 0 aromatic carbocycles. The van der Waals surface area contributed by atoms with Gasteiger partial charge in [0.2, 0.25) is 11.8 Å². The molecule has 2 aromatic heterocycles. The monoisotopic (exact) mass is 418 g/mol.